The van der Waals surface area contributed by atoms with E-state index in [0.717, 1.165) is 28.2 Å². The van der Waals surface area contributed by atoms with Crippen molar-refractivity contribution in [1.82, 2.24) is 0 Å². The molecule has 0 N–H and O–H groups in total. The van der Waals surface area contributed by atoms with Crippen LogP contribution in [0.1, 0.15) is 11.1 Å². The van der Waals surface area contributed by atoms with Crippen LogP contribution in [0.15, 0.2) is 59.8 Å². The fraction of sp³-hybridized carbons (Fsp3) is 0.211. The summed E-state index contributed by atoms with van der Waals surface area (Å²) in [4.78, 5) is 5.03. The van der Waals surface area contributed by atoms with Crippen LogP contribution in [0.2, 0.25) is 0 Å². The molecule has 0 amide bonds. The van der Waals surface area contributed by atoms with Gasteiger partial charge in [-0.15, -0.1) is 0 Å². The van der Waals surface area contributed by atoms with Gasteiger partial charge in [0.1, 0.15) is 25.2 Å². The zero-order valence-electron chi connectivity index (χ0n) is 13.3. The Labute approximate surface area is 136 Å². The molecule has 0 aliphatic heterocycles. The number of hydrogen-bond acceptors (Lipinski definition) is 4. The standard InChI is InChI=1S/C19H19NO3/c1-21-11-5-6-12-23-14-9-10-16-15-7-3-4-8-17(15)19(20-22-2)18(16)13-14/h3-10,13H,11-12H2,1-2H3/b6-5+,20-19+. The van der Waals surface area contributed by atoms with Gasteiger partial charge < -0.3 is 14.3 Å². The minimum atomic E-state index is 0.506. The maximum absolute atomic E-state index is 5.76. The molecule has 0 saturated heterocycles. The van der Waals surface area contributed by atoms with Crippen molar-refractivity contribution in [3.63, 3.8) is 0 Å². The maximum Gasteiger partial charge on any atom is 0.120 e. The van der Waals surface area contributed by atoms with E-state index in [2.05, 4.69) is 23.4 Å². The molecule has 1 aliphatic carbocycles. The highest BCUT2D eigenvalue weighted by atomic mass is 16.6. The summed E-state index contributed by atoms with van der Waals surface area (Å²) < 4.78 is 10.7. The number of hydrogen-bond donors (Lipinski definition) is 0. The number of fused-ring (bicyclic) bond motifs is 3. The first-order valence-corrected chi connectivity index (χ1v) is 7.47. The highest BCUT2D eigenvalue weighted by Crippen LogP contribution is 2.38. The van der Waals surface area contributed by atoms with Gasteiger partial charge in [-0.2, -0.15) is 0 Å². The van der Waals surface area contributed by atoms with E-state index in [1.165, 1.54) is 5.56 Å². The molecule has 2 aromatic carbocycles. The molecule has 0 radical (unpaired) electrons. The summed E-state index contributed by atoms with van der Waals surface area (Å²) in [6.07, 6.45) is 3.87. The van der Waals surface area contributed by atoms with E-state index in [-0.39, 0.29) is 0 Å². The summed E-state index contributed by atoms with van der Waals surface area (Å²) in [5, 5.41) is 4.20. The summed E-state index contributed by atoms with van der Waals surface area (Å²) in [6.45, 7) is 1.10. The molecular weight excluding hydrogens is 290 g/mol. The maximum atomic E-state index is 5.76. The van der Waals surface area contributed by atoms with Gasteiger partial charge in [0, 0.05) is 18.2 Å². The number of nitrogens with zero attached hydrogens (tertiary/aromatic N) is 1. The molecule has 0 bridgehead atoms. The van der Waals surface area contributed by atoms with Crippen LogP contribution in [0.25, 0.3) is 11.1 Å². The van der Waals surface area contributed by atoms with Gasteiger partial charge >= 0.3 is 0 Å². The molecular formula is C19H19NO3. The van der Waals surface area contributed by atoms with Crippen LogP contribution in [0, 0.1) is 0 Å². The van der Waals surface area contributed by atoms with Crippen LogP contribution in [0.4, 0.5) is 0 Å². The zero-order valence-corrected chi connectivity index (χ0v) is 13.3. The number of methoxy groups -OCH3 is 1. The molecule has 3 rings (SSSR count). The van der Waals surface area contributed by atoms with Crippen molar-refractivity contribution in [3.8, 4) is 16.9 Å². The first-order chi connectivity index (χ1) is 11.3. The summed E-state index contributed by atoms with van der Waals surface area (Å²) in [5.74, 6) is 0.808. The average molecular weight is 309 g/mol. The van der Waals surface area contributed by atoms with Crippen LogP contribution in [0.3, 0.4) is 0 Å². The van der Waals surface area contributed by atoms with Gasteiger partial charge in [0.05, 0.1) is 6.61 Å². The van der Waals surface area contributed by atoms with Gasteiger partial charge in [-0.05, 0) is 35.4 Å². The largest absolute Gasteiger partial charge is 0.490 e. The lowest BCUT2D eigenvalue weighted by Gasteiger charge is -2.06. The van der Waals surface area contributed by atoms with Crippen molar-refractivity contribution in [2.24, 2.45) is 5.16 Å². The minimum Gasteiger partial charge on any atom is -0.490 e. The van der Waals surface area contributed by atoms with Gasteiger partial charge in [-0.1, -0.05) is 35.5 Å². The van der Waals surface area contributed by atoms with Gasteiger partial charge in [0.15, 0.2) is 0 Å². The summed E-state index contributed by atoms with van der Waals surface area (Å²) in [7, 11) is 3.23. The van der Waals surface area contributed by atoms with E-state index in [0.29, 0.717) is 13.2 Å². The smallest absolute Gasteiger partial charge is 0.120 e. The molecule has 0 atom stereocenters. The Balaban J connectivity index is 1.87. The third-order valence-electron chi connectivity index (χ3n) is 3.68. The molecule has 2 aromatic rings. The van der Waals surface area contributed by atoms with Crippen molar-refractivity contribution in [2.75, 3.05) is 27.4 Å². The second-order valence-corrected chi connectivity index (χ2v) is 5.11. The van der Waals surface area contributed by atoms with E-state index >= 15 is 0 Å². The van der Waals surface area contributed by atoms with Crippen LogP contribution >= 0.6 is 0 Å². The normalized spacial score (nSPS) is 14.1. The Kier molecular flexibility index (Phi) is 4.74. The van der Waals surface area contributed by atoms with Crippen molar-refractivity contribution in [2.45, 2.75) is 0 Å². The minimum absolute atomic E-state index is 0.506. The molecule has 4 nitrogen and oxygen atoms in total. The quantitative estimate of drug-likeness (QED) is 0.515. The predicted molar refractivity (Wildman–Crippen MR) is 91.0 cm³/mol. The molecule has 0 fully saturated rings. The Hall–Kier alpha value is -2.59. The molecule has 0 unspecified atom stereocenters. The molecule has 0 aromatic heterocycles. The van der Waals surface area contributed by atoms with E-state index < -0.39 is 0 Å². The Morgan fingerprint density at radius 2 is 1.61 bits per heavy atom. The van der Waals surface area contributed by atoms with Crippen molar-refractivity contribution >= 4 is 5.71 Å². The third-order valence-corrected chi connectivity index (χ3v) is 3.68. The third kappa shape index (κ3) is 3.12. The lowest BCUT2D eigenvalue weighted by Crippen LogP contribution is -2.00. The number of ether oxygens (including phenoxy) is 2. The Morgan fingerprint density at radius 3 is 2.39 bits per heavy atom. The summed E-state index contributed by atoms with van der Waals surface area (Å²) in [5.41, 5.74) is 5.29. The summed E-state index contributed by atoms with van der Waals surface area (Å²) >= 11 is 0. The van der Waals surface area contributed by atoms with E-state index in [4.69, 9.17) is 14.3 Å². The van der Waals surface area contributed by atoms with Gasteiger partial charge in [0.2, 0.25) is 0 Å². The van der Waals surface area contributed by atoms with Gasteiger partial charge in [-0.3, -0.25) is 0 Å². The number of oxime groups is 1. The second kappa shape index (κ2) is 7.11. The molecule has 23 heavy (non-hydrogen) atoms. The Bertz CT molecular complexity index is 750. The van der Waals surface area contributed by atoms with Crippen molar-refractivity contribution < 1.29 is 14.3 Å². The van der Waals surface area contributed by atoms with Gasteiger partial charge in [0.25, 0.3) is 0 Å². The highest BCUT2D eigenvalue weighted by molar-refractivity contribution is 6.24. The van der Waals surface area contributed by atoms with Crippen LogP contribution in [-0.4, -0.2) is 33.1 Å². The number of rotatable bonds is 6. The fourth-order valence-corrected chi connectivity index (χ4v) is 2.68. The molecule has 118 valence electrons. The molecule has 0 saturated carbocycles. The van der Waals surface area contributed by atoms with E-state index in [1.54, 1.807) is 14.2 Å². The zero-order chi connectivity index (χ0) is 16.1. The van der Waals surface area contributed by atoms with Crippen LogP contribution in [0.5, 0.6) is 5.75 Å². The van der Waals surface area contributed by atoms with E-state index in [9.17, 15) is 0 Å². The molecule has 0 heterocycles. The average Bonchev–Trinajstić information content (AvgIpc) is 2.89. The lowest BCUT2D eigenvalue weighted by atomic mass is 10.1. The Morgan fingerprint density at radius 1 is 0.870 bits per heavy atom. The van der Waals surface area contributed by atoms with Crippen LogP contribution in [-0.2, 0) is 9.57 Å². The number of benzene rings is 2. The first-order valence-electron chi connectivity index (χ1n) is 7.47. The van der Waals surface area contributed by atoms with Crippen molar-refractivity contribution in [1.29, 1.82) is 0 Å². The second-order valence-electron chi connectivity index (χ2n) is 5.11. The van der Waals surface area contributed by atoms with E-state index in [1.807, 2.05) is 36.4 Å². The molecule has 4 heteroatoms. The monoisotopic (exact) mass is 309 g/mol. The molecule has 1 aliphatic rings. The van der Waals surface area contributed by atoms with Crippen molar-refractivity contribution in [3.05, 3.63) is 65.7 Å². The fourth-order valence-electron chi connectivity index (χ4n) is 2.68. The SMILES string of the molecule is COC/C=C/COc1ccc2c(c1)/C(=N/OC)c1ccccc1-2. The highest BCUT2D eigenvalue weighted by Gasteiger charge is 2.25. The predicted octanol–water partition coefficient (Wildman–Crippen LogP) is 3.65. The lowest BCUT2D eigenvalue weighted by molar-refractivity contribution is 0.214. The summed E-state index contributed by atoms with van der Waals surface area (Å²) in [6, 6.07) is 14.3. The van der Waals surface area contributed by atoms with Gasteiger partial charge in [-0.25, -0.2) is 0 Å². The van der Waals surface area contributed by atoms with Crippen LogP contribution < -0.4 is 4.74 Å². The molecule has 0 spiro atoms. The topological polar surface area (TPSA) is 40.0 Å². The first kappa shape index (κ1) is 15.3.